The Kier molecular flexibility index (Phi) is 6.18. The third-order valence-corrected chi connectivity index (χ3v) is 2.24. The van der Waals surface area contributed by atoms with Crippen LogP contribution in [-0.2, 0) is 9.53 Å². The molecule has 1 rings (SSSR count). The van der Waals surface area contributed by atoms with Crippen molar-refractivity contribution >= 4 is 30.0 Å². The maximum absolute atomic E-state index is 11.0. The van der Waals surface area contributed by atoms with Gasteiger partial charge in [-0.05, 0) is 18.2 Å². The quantitative estimate of drug-likeness (QED) is 0.821. The molecule has 0 aliphatic heterocycles. The number of aromatic hydroxyl groups is 1. The Morgan fingerprint density at radius 2 is 2.25 bits per heavy atom. The van der Waals surface area contributed by atoms with Gasteiger partial charge in [0.25, 0.3) is 0 Å². The Bertz CT molecular complexity index is 371. The zero-order valence-corrected chi connectivity index (χ0v) is 10.2. The molecule has 0 aliphatic rings. The second kappa shape index (κ2) is 6.58. The van der Waals surface area contributed by atoms with E-state index in [0.29, 0.717) is 10.6 Å². The number of carbonyl (C=O) groups is 1. The standard InChI is InChI=1S/C10H12ClNO3.ClH/c1-15-10(14)5-8(12)7-4-6(11)2-3-9(7)13;/h2-4,8,13H,5,12H2,1H3;1H/t8-;/m0./s1. The molecular weight excluding hydrogens is 253 g/mol. The van der Waals surface area contributed by atoms with E-state index in [4.69, 9.17) is 17.3 Å². The summed E-state index contributed by atoms with van der Waals surface area (Å²) < 4.78 is 4.48. The van der Waals surface area contributed by atoms with E-state index < -0.39 is 12.0 Å². The number of carbonyl (C=O) groups excluding carboxylic acids is 1. The summed E-state index contributed by atoms with van der Waals surface area (Å²) in [6.07, 6.45) is 0.00437. The first kappa shape index (κ1) is 15.0. The number of esters is 1. The molecule has 0 spiro atoms. The monoisotopic (exact) mass is 265 g/mol. The van der Waals surface area contributed by atoms with Crippen molar-refractivity contribution < 1.29 is 14.6 Å². The first-order chi connectivity index (χ1) is 7.04. The zero-order valence-electron chi connectivity index (χ0n) is 8.64. The highest BCUT2D eigenvalue weighted by Crippen LogP contribution is 2.27. The number of methoxy groups -OCH3 is 1. The van der Waals surface area contributed by atoms with Crippen LogP contribution in [0.3, 0.4) is 0 Å². The second-order valence-electron chi connectivity index (χ2n) is 3.09. The number of rotatable bonds is 3. The van der Waals surface area contributed by atoms with Gasteiger partial charge in [-0.3, -0.25) is 4.79 Å². The van der Waals surface area contributed by atoms with Crippen molar-refractivity contribution in [3.63, 3.8) is 0 Å². The van der Waals surface area contributed by atoms with Crippen molar-refractivity contribution in [3.05, 3.63) is 28.8 Å². The summed E-state index contributed by atoms with van der Waals surface area (Å²) in [6, 6.07) is 3.90. The minimum Gasteiger partial charge on any atom is -0.508 e. The lowest BCUT2D eigenvalue weighted by Crippen LogP contribution is -2.16. The van der Waals surface area contributed by atoms with Gasteiger partial charge >= 0.3 is 5.97 Å². The molecule has 0 aliphatic carbocycles. The van der Waals surface area contributed by atoms with Crippen LogP contribution in [0, 0.1) is 0 Å². The van der Waals surface area contributed by atoms with Crippen molar-refractivity contribution in [1.82, 2.24) is 0 Å². The number of phenolic OH excluding ortho intramolecular Hbond substituents is 1. The van der Waals surface area contributed by atoms with Crippen LogP contribution in [0.2, 0.25) is 5.02 Å². The molecule has 1 aromatic rings. The van der Waals surface area contributed by atoms with E-state index >= 15 is 0 Å². The highest BCUT2D eigenvalue weighted by molar-refractivity contribution is 6.30. The summed E-state index contributed by atoms with van der Waals surface area (Å²) in [7, 11) is 1.28. The molecule has 1 atom stereocenters. The molecule has 3 N–H and O–H groups in total. The first-order valence-electron chi connectivity index (χ1n) is 4.35. The maximum Gasteiger partial charge on any atom is 0.307 e. The first-order valence-corrected chi connectivity index (χ1v) is 4.73. The summed E-state index contributed by atoms with van der Waals surface area (Å²) in [5.74, 6) is -0.405. The van der Waals surface area contributed by atoms with Gasteiger partial charge in [-0.2, -0.15) is 0 Å². The number of hydrogen-bond acceptors (Lipinski definition) is 4. The van der Waals surface area contributed by atoms with Gasteiger partial charge in [0.05, 0.1) is 13.5 Å². The van der Waals surface area contributed by atoms with Crippen LogP contribution in [0.1, 0.15) is 18.0 Å². The fourth-order valence-corrected chi connectivity index (χ4v) is 1.38. The molecule has 0 saturated carbocycles. The molecule has 90 valence electrons. The van der Waals surface area contributed by atoms with E-state index in [9.17, 15) is 9.90 Å². The highest BCUT2D eigenvalue weighted by Gasteiger charge is 2.15. The maximum atomic E-state index is 11.0. The highest BCUT2D eigenvalue weighted by atomic mass is 35.5. The van der Waals surface area contributed by atoms with E-state index in [1.165, 1.54) is 19.2 Å². The zero-order chi connectivity index (χ0) is 11.4. The van der Waals surface area contributed by atoms with Crippen LogP contribution in [0.25, 0.3) is 0 Å². The van der Waals surface area contributed by atoms with Crippen LogP contribution >= 0.6 is 24.0 Å². The minimum absolute atomic E-state index is 0. The Morgan fingerprint density at radius 1 is 1.62 bits per heavy atom. The Balaban J connectivity index is 0.00000225. The predicted octanol–water partition coefficient (Wildman–Crippen LogP) is 2.03. The number of phenols is 1. The van der Waals surface area contributed by atoms with Crippen LogP contribution in [0.4, 0.5) is 0 Å². The second-order valence-corrected chi connectivity index (χ2v) is 3.53. The van der Waals surface area contributed by atoms with Gasteiger partial charge in [0.1, 0.15) is 5.75 Å². The van der Waals surface area contributed by atoms with Gasteiger partial charge in [0.15, 0.2) is 0 Å². The number of ether oxygens (including phenoxy) is 1. The molecule has 0 radical (unpaired) electrons. The predicted molar refractivity (Wildman–Crippen MR) is 63.9 cm³/mol. The lowest BCUT2D eigenvalue weighted by molar-refractivity contribution is -0.141. The number of benzene rings is 1. The summed E-state index contributed by atoms with van der Waals surface area (Å²) >= 11 is 5.75. The molecule has 0 heterocycles. The molecule has 0 saturated heterocycles. The SMILES string of the molecule is COC(=O)C[C@H](N)c1cc(Cl)ccc1O.Cl. The smallest absolute Gasteiger partial charge is 0.307 e. The summed E-state index contributed by atoms with van der Waals surface area (Å²) in [6.45, 7) is 0. The van der Waals surface area contributed by atoms with E-state index in [-0.39, 0.29) is 24.6 Å². The van der Waals surface area contributed by atoms with Gasteiger partial charge in [0.2, 0.25) is 0 Å². The molecular formula is C10H13Cl2NO3. The molecule has 0 unspecified atom stereocenters. The molecule has 0 amide bonds. The molecule has 0 aromatic heterocycles. The van der Waals surface area contributed by atoms with Crippen molar-refractivity contribution in [1.29, 1.82) is 0 Å². The molecule has 0 bridgehead atoms. The van der Waals surface area contributed by atoms with Gasteiger partial charge in [-0.1, -0.05) is 11.6 Å². The summed E-state index contributed by atoms with van der Waals surface area (Å²) in [5, 5.41) is 9.96. The third-order valence-electron chi connectivity index (χ3n) is 2.00. The van der Waals surface area contributed by atoms with E-state index in [1.54, 1.807) is 6.07 Å². The van der Waals surface area contributed by atoms with Crippen molar-refractivity contribution in [2.24, 2.45) is 5.73 Å². The van der Waals surface area contributed by atoms with Crippen molar-refractivity contribution in [3.8, 4) is 5.75 Å². The van der Waals surface area contributed by atoms with Crippen LogP contribution in [0.5, 0.6) is 5.75 Å². The Morgan fingerprint density at radius 3 is 2.81 bits per heavy atom. The lowest BCUT2D eigenvalue weighted by Gasteiger charge is -2.12. The third kappa shape index (κ3) is 3.89. The Hall–Kier alpha value is -0.970. The van der Waals surface area contributed by atoms with Gasteiger partial charge in [0, 0.05) is 16.6 Å². The normalized spacial score (nSPS) is 11.4. The molecule has 4 nitrogen and oxygen atoms in total. The average molecular weight is 266 g/mol. The van der Waals surface area contributed by atoms with Crippen LogP contribution < -0.4 is 5.73 Å². The van der Waals surface area contributed by atoms with Crippen LogP contribution in [-0.4, -0.2) is 18.2 Å². The lowest BCUT2D eigenvalue weighted by atomic mass is 10.0. The average Bonchev–Trinajstić information content (AvgIpc) is 2.21. The summed E-state index contributed by atoms with van der Waals surface area (Å²) in [5.41, 5.74) is 6.16. The number of nitrogens with two attached hydrogens (primary N) is 1. The molecule has 1 aromatic carbocycles. The van der Waals surface area contributed by atoms with E-state index in [0.717, 1.165) is 0 Å². The van der Waals surface area contributed by atoms with Crippen molar-refractivity contribution in [2.75, 3.05) is 7.11 Å². The minimum atomic E-state index is -0.615. The van der Waals surface area contributed by atoms with E-state index in [1.807, 2.05) is 0 Å². The Labute approximate surface area is 105 Å². The van der Waals surface area contributed by atoms with Gasteiger partial charge < -0.3 is 15.6 Å². The van der Waals surface area contributed by atoms with Gasteiger partial charge in [-0.15, -0.1) is 12.4 Å². The number of halogens is 2. The largest absolute Gasteiger partial charge is 0.508 e. The molecule has 6 heteroatoms. The van der Waals surface area contributed by atoms with E-state index in [2.05, 4.69) is 4.74 Å². The summed E-state index contributed by atoms with van der Waals surface area (Å²) in [4.78, 5) is 11.0. The van der Waals surface area contributed by atoms with Gasteiger partial charge in [-0.25, -0.2) is 0 Å². The fraction of sp³-hybridized carbons (Fsp3) is 0.300. The molecule has 0 fully saturated rings. The van der Waals surface area contributed by atoms with Crippen LogP contribution in [0.15, 0.2) is 18.2 Å². The molecule has 16 heavy (non-hydrogen) atoms. The van der Waals surface area contributed by atoms with Crippen molar-refractivity contribution in [2.45, 2.75) is 12.5 Å². The fourth-order valence-electron chi connectivity index (χ4n) is 1.20. The number of hydrogen-bond donors (Lipinski definition) is 2. The topological polar surface area (TPSA) is 72.5 Å².